The van der Waals surface area contributed by atoms with Gasteiger partial charge >= 0.3 is 0 Å². The van der Waals surface area contributed by atoms with E-state index in [-0.39, 0.29) is 23.8 Å². The normalized spacial score (nSPS) is 26.4. The van der Waals surface area contributed by atoms with E-state index in [2.05, 4.69) is 4.90 Å². The minimum atomic E-state index is -2.83. The number of carbonyl (C=O) groups excluding carboxylic acids is 1. The fraction of sp³-hybridized carbons (Fsp3) is 0.923. The highest BCUT2D eigenvalue weighted by molar-refractivity contribution is 7.91. The Morgan fingerprint density at radius 1 is 1.20 bits per heavy atom. The lowest BCUT2D eigenvalue weighted by Gasteiger charge is -2.40. The molecule has 0 aromatic heterocycles. The Balaban J connectivity index is 1.78. The van der Waals surface area contributed by atoms with Gasteiger partial charge in [0.15, 0.2) is 9.84 Å². The first kappa shape index (κ1) is 15.7. The number of amides is 1. The summed E-state index contributed by atoms with van der Waals surface area (Å²) in [6.07, 6.45) is 1.39. The van der Waals surface area contributed by atoms with E-state index in [4.69, 9.17) is 0 Å². The average Bonchev–Trinajstić information content (AvgIpc) is 2.38. The Morgan fingerprint density at radius 3 is 2.25 bits per heavy atom. The molecule has 2 saturated heterocycles. The van der Waals surface area contributed by atoms with Gasteiger partial charge < -0.3 is 10.0 Å². The van der Waals surface area contributed by atoms with Crippen molar-refractivity contribution in [3.8, 4) is 0 Å². The van der Waals surface area contributed by atoms with Crippen molar-refractivity contribution in [1.29, 1.82) is 0 Å². The summed E-state index contributed by atoms with van der Waals surface area (Å²) in [6.45, 7) is 4.28. The number of aliphatic hydroxyl groups is 1. The lowest BCUT2D eigenvalue weighted by Crippen LogP contribution is -2.51. The molecule has 2 fully saturated rings. The maximum atomic E-state index is 11.8. The summed E-state index contributed by atoms with van der Waals surface area (Å²) >= 11 is 0. The first-order valence-electron chi connectivity index (χ1n) is 7.28. The van der Waals surface area contributed by atoms with E-state index in [0.29, 0.717) is 32.2 Å². The van der Waals surface area contributed by atoms with E-state index in [0.717, 1.165) is 12.8 Å². The molecule has 1 N–H and O–H groups in total. The molecule has 7 heteroatoms. The van der Waals surface area contributed by atoms with Crippen LogP contribution in [0, 0.1) is 0 Å². The molecule has 0 spiro atoms. The molecule has 0 aliphatic carbocycles. The van der Waals surface area contributed by atoms with Crippen LogP contribution >= 0.6 is 0 Å². The SMILES string of the molecule is CC(O)CC(=O)N1CCC(N2CCS(=O)(=O)CC2)CC1. The van der Waals surface area contributed by atoms with Gasteiger partial charge in [0.1, 0.15) is 0 Å². The van der Waals surface area contributed by atoms with Crippen molar-refractivity contribution in [2.24, 2.45) is 0 Å². The molecule has 0 aromatic rings. The Hall–Kier alpha value is -0.660. The van der Waals surface area contributed by atoms with Gasteiger partial charge in [-0.15, -0.1) is 0 Å². The smallest absolute Gasteiger partial charge is 0.225 e. The predicted molar refractivity (Wildman–Crippen MR) is 76.1 cm³/mol. The molecule has 0 saturated carbocycles. The number of piperidine rings is 1. The van der Waals surface area contributed by atoms with Crippen LogP contribution in [-0.2, 0) is 14.6 Å². The van der Waals surface area contributed by atoms with Crippen molar-refractivity contribution in [2.45, 2.75) is 38.3 Å². The molecule has 1 amide bonds. The highest BCUT2D eigenvalue weighted by Crippen LogP contribution is 2.19. The van der Waals surface area contributed by atoms with Crippen molar-refractivity contribution >= 4 is 15.7 Å². The van der Waals surface area contributed by atoms with E-state index in [9.17, 15) is 18.3 Å². The van der Waals surface area contributed by atoms with Gasteiger partial charge in [0, 0.05) is 32.2 Å². The van der Waals surface area contributed by atoms with Gasteiger partial charge in [0.2, 0.25) is 5.91 Å². The Morgan fingerprint density at radius 2 is 1.75 bits per heavy atom. The number of likely N-dealkylation sites (tertiary alicyclic amines) is 1. The fourth-order valence-electron chi connectivity index (χ4n) is 2.95. The molecule has 6 nitrogen and oxygen atoms in total. The minimum Gasteiger partial charge on any atom is -0.393 e. The fourth-order valence-corrected chi connectivity index (χ4v) is 4.18. The van der Waals surface area contributed by atoms with Gasteiger partial charge in [0.05, 0.1) is 24.0 Å². The summed E-state index contributed by atoms with van der Waals surface area (Å²) in [7, 11) is -2.83. The van der Waals surface area contributed by atoms with Gasteiger partial charge in [-0.3, -0.25) is 9.69 Å². The number of hydrogen-bond acceptors (Lipinski definition) is 5. The summed E-state index contributed by atoms with van der Waals surface area (Å²) in [4.78, 5) is 15.9. The number of nitrogens with zero attached hydrogens (tertiary/aromatic N) is 2. The zero-order valence-corrected chi connectivity index (χ0v) is 12.8. The lowest BCUT2D eigenvalue weighted by atomic mass is 10.0. The van der Waals surface area contributed by atoms with E-state index >= 15 is 0 Å². The predicted octanol–water partition coefficient (Wildman–Crippen LogP) is -0.521. The van der Waals surface area contributed by atoms with Crippen molar-refractivity contribution in [1.82, 2.24) is 9.80 Å². The highest BCUT2D eigenvalue weighted by atomic mass is 32.2. The van der Waals surface area contributed by atoms with Gasteiger partial charge in [-0.05, 0) is 19.8 Å². The lowest BCUT2D eigenvalue weighted by molar-refractivity contribution is -0.134. The first-order valence-corrected chi connectivity index (χ1v) is 9.10. The Bertz CT molecular complexity index is 427. The second-order valence-electron chi connectivity index (χ2n) is 5.85. The van der Waals surface area contributed by atoms with Crippen molar-refractivity contribution in [3.63, 3.8) is 0 Å². The van der Waals surface area contributed by atoms with Crippen LogP contribution in [0.4, 0.5) is 0 Å². The van der Waals surface area contributed by atoms with Crippen molar-refractivity contribution in [2.75, 3.05) is 37.7 Å². The third-order valence-electron chi connectivity index (χ3n) is 4.18. The maximum absolute atomic E-state index is 11.8. The van der Waals surface area contributed by atoms with E-state index in [1.807, 2.05) is 4.90 Å². The zero-order chi connectivity index (χ0) is 14.8. The summed E-state index contributed by atoms with van der Waals surface area (Å²) in [5.41, 5.74) is 0. The Kier molecular flexibility index (Phi) is 5.04. The largest absolute Gasteiger partial charge is 0.393 e. The zero-order valence-electron chi connectivity index (χ0n) is 12.0. The second kappa shape index (κ2) is 6.41. The van der Waals surface area contributed by atoms with Crippen LogP contribution in [0.3, 0.4) is 0 Å². The molecule has 1 unspecified atom stereocenters. The molecule has 116 valence electrons. The quantitative estimate of drug-likeness (QED) is 0.759. The van der Waals surface area contributed by atoms with Crippen LogP contribution in [-0.4, -0.2) is 79.1 Å². The Labute approximate surface area is 120 Å². The molecular formula is C13H24N2O4S. The number of carbonyl (C=O) groups is 1. The number of hydrogen-bond donors (Lipinski definition) is 1. The molecule has 20 heavy (non-hydrogen) atoms. The number of aliphatic hydroxyl groups excluding tert-OH is 1. The van der Waals surface area contributed by atoms with Gasteiger partial charge in [0.25, 0.3) is 0 Å². The van der Waals surface area contributed by atoms with Gasteiger partial charge in [-0.2, -0.15) is 0 Å². The molecule has 0 radical (unpaired) electrons. The number of rotatable bonds is 3. The van der Waals surface area contributed by atoms with Crippen LogP contribution in [0.5, 0.6) is 0 Å². The van der Waals surface area contributed by atoms with E-state index < -0.39 is 15.9 Å². The summed E-state index contributed by atoms with van der Waals surface area (Å²) in [5, 5.41) is 9.25. The molecular weight excluding hydrogens is 280 g/mol. The molecule has 1 atom stereocenters. The third kappa shape index (κ3) is 4.17. The molecule has 2 rings (SSSR count). The first-order chi connectivity index (χ1) is 9.37. The monoisotopic (exact) mass is 304 g/mol. The van der Waals surface area contributed by atoms with Crippen LogP contribution < -0.4 is 0 Å². The average molecular weight is 304 g/mol. The topological polar surface area (TPSA) is 77.9 Å². The third-order valence-corrected chi connectivity index (χ3v) is 5.79. The number of sulfone groups is 1. The standard InChI is InChI=1S/C13H24N2O4S/c1-11(16)10-13(17)15-4-2-12(3-5-15)14-6-8-20(18,19)9-7-14/h11-12,16H,2-10H2,1H3. The van der Waals surface area contributed by atoms with E-state index in [1.165, 1.54) is 0 Å². The van der Waals surface area contributed by atoms with Crippen LogP contribution in [0.2, 0.25) is 0 Å². The minimum absolute atomic E-state index is 0.0136. The van der Waals surface area contributed by atoms with Crippen LogP contribution in [0.15, 0.2) is 0 Å². The molecule has 2 heterocycles. The second-order valence-corrected chi connectivity index (χ2v) is 8.16. The maximum Gasteiger partial charge on any atom is 0.225 e. The molecule has 0 aromatic carbocycles. The van der Waals surface area contributed by atoms with Crippen molar-refractivity contribution in [3.05, 3.63) is 0 Å². The van der Waals surface area contributed by atoms with Crippen molar-refractivity contribution < 1.29 is 18.3 Å². The summed E-state index contributed by atoms with van der Waals surface area (Å²) in [6, 6.07) is 0.390. The highest BCUT2D eigenvalue weighted by Gasteiger charge is 2.30. The van der Waals surface area contributed by atoms with Gasteiger partial charge in [-0.1, -0.05) is 0 Å². The van der Waals surface area contributed by atoms with Crippen LogP contribution in [0.25, 0.3) is 0 Å². The molecule has 2 aliphatic heterocycles. The van der Waals surface area contributed by atoms with Crippen LogP contribution in [0.1, 0.15) is 26.2 Å². The molecule has 0 bridgehead atoms. The summed E-state index contributed by atoms with van der Waals surface area (Å²) in [5.74, 6) is 0.530. The van der Waals surface area contributed by atoms with Gasteiger partial charge in [-0.25, -0.2) is 8.42 Å². The molecule has 2 aliphatic rings. The summed E-state index contributed by atoms with van der Waals surface area (Å²) < 4.78 is 22.8. The van der Waals surface area contributed by atoms with E-state index in [1.54, 1.807) is 6.92 Å².